The lowest BCUT2D eigenvalue weighted by Gasteiger charge is -2.17. The van der Waals surface area contributed by atoms with Crippen LogP contribution in [-0.2, 0) is 14.8 Å². The van der Waals surface area contributed by atoms with Crippen molar-refractivity contribution in [1.29, 1.82) is 0 Å². The third kappa shape index (κ3) is 4.75. The van der Waals surface area contributed by atoms with Crippen molar-refractivity contribution in [3.63, 3.8) is 0 Å². The SMILES string of the molecule is NS(=O)(=O)c1ccc(NC(=S)NC(C(=O)O)c2ccccc2)cc1. The van der Waals surface area contributed by atoms with E-state index in [-0.39, 0.29) is 10.0 Å². The van der Waals surface area contributed by atoms with Gasteiger partial charge in [0.15, 0.2) is 11.2 Å². The number of thiocarbonyl (C=S) groups is 1. The zero-order valence-electron chi connectivity index (χ0n) is 12.3. The maximum absolute atomic E-state index is 11.4. The summed E-state index contributed by atoms with van der Waals surface area (Å²) < 4.78 is 22.4. The van der Waals surface area contributed by atoms with Crippen LogP contribution >= 0.6 is 12.2 Å². The van der Waals surface area contributed by atoms with Crippen LogP contribution in [0.3, 0.4) is 0 Å². The molecule has 0 aromatic heterocycles. The minimum absolute atomic E-state index is 0.0281. The smallest absolute Gasteiger partial charge is 0.330 e. The Morgan fingerprint density at radius 3 is 2.17 bits per heavy atom. The van der Waals surface area contributed by atoms with Crippen LogP contribution in [0.4, 0.5) is 5.69 Å². The molecule has 5 N–H and O–H groups in total. The molecule has 2 aromatic carbocycles. The highest BCUT2D eigenvalue weighted by molar-refractivity contribution is 7.89. The number of aliphatic carboxylic acids is 1. The van der Waals surface area contributed by atoms with Crippen LogP contribution in [0.25, 0.3) is 0 Å². The van der Waals surface area contributed by atoms with Gasteiger partial charge in [-0.2, -0.15) is 0 Å². The van der Waals surface area contributed by atoms with E-state index in [0.717, 1.165) is 0 Å². The number of carboxylic acids is 1. The van der Waals surface area contributed by atoms with Crippen molar-refractivity contribution in [3.8, 4) is 0 Å². The minimum atomic E-state index is -3.77. The molecule has 2 aromatic rings. The van der Waals surface area contributed by atoms with Gasteiger partial charge in [-0.1, -0.05) is 30.3 Å². The number of sulfonamides is 1. The maximum Gasteiger partial charge on any atom is 0.330 e. The highest BCUT2D eigenvalue weighted by Gasteiger charge is 2.20. The van der Waals surface area contributed by atoms with E-state index in [1.807, 2.05) is 0 Å². The van der Waals surface area contributed by atoms with Gasteiger partial charge in [0.05, 0.1) is 4.90 Å². The average Bonchev–Trinajstić information content (AvgIpc) is 2.53. The van der Waals surface area contributed by atoms with Gasteiger partial charge < -0.3 is 15.7 Å². The lowest BCUT2D eigenvalue weighted by Crippen LogP contribution is -2.36. The topological polar surface area (TPSA) is 122 Å². The van der Waals surface area contributed by atoms with Crippen molar-refractivity contribution in [3.05, 3.63) is 60.2 Å². The summed E-state index contributed by atoms with van der Waals surface area (Å²) in [5, 5.41) is 20.0. The molecule has 7 nitrogen and oxygen atoms in total. The lowest BCUT2D eigenvalue weighted by atomic mass is 10.1. The Morgan fingerprint density at radius 2 is 1.67 bits per heavy atom. The largest absolute Gasteiger partial charge is 0.479 e. The van der Waals surface area contributed by atoms with Gasteiger partial charge in [0.25, 0.3) is 0 Å². The van der Waals surface area contributed by atoms with Crippen molar-refractivity contribution < 1.29 is 18.3 Å². The quantitative estimate of drug-likeness (QED) is 0.592. The molecule has 0 spiro atoms. The van der Waals surface area contributed by atoms with E-state index < -0.39 is 22.0 Å². The number of hydrogen-bond acceptors (Lipinski definition) is 4. The first-order chi connectivity index (χ1) is 11.3. The van der Waals surface area contributed by atoms with E-state index in [0.29, 0.717) is 11.3 Å². The summed E-state index contributed by atoms with van der Waals surface area (Å²) in [4.78, 5) is 11.4. The van der Waals surface area contributed by atoms with Gasteiger partial charge in [-0.15, -0.1) is 0 Å². The van der Waals surface area contributed by atoms with Crippen molar-refractivity contribution in [2.45, 2.75) is 10.9 Å². The predicted molar refractivity (Wildman–Crippen MR) is 94.0 cm³/mol. The first kappa shape index (κ1) is 17.9. The second-order valence-corrected chi connectivity index (χ2v) is 6.82. The van der Waals surface area contributed by atoms with E-state index in [2.05, 4.69) is 10.6 Å². The van der Waals surface area contributed by atoms with Crippen LogP contribution in [-0.4, -0.2) is 24.6 Å². The molecule has 0 amide bonds. The predicted octanol–water partition coefficient (Wildman–Crippen LogP) is 1.45. The number of nitrogens with two attached hydrogens (primary N) is 1. The molecule has 0 heterocycles. The summed E-state index contributed by atoms with van der Waals surface area (Å²) in [6.07, 6.45) is 0. The molecule has 1 unspecified atom stereocenters. The number of anilines is 1. The molecule has 2 rings (SSSR count). The number of rotatable bonds is 5. The van der Waals surface area contributed by atoms with Gasteiger partial charge in [-0.05, 0) is 42.0 Å². The van der Waals surface area contributed by atoms with Gasteiger partial charge in [-0.3, -0.25) is 0 Å². The molecular formula is C15H15N3O4S2. The molecule has 0 aliphatic heterocycles. The van der Waals surface area contributed by atoms with E-state index in [4.69, 9.17) is 17.4 Å². The third-order valence-corrected chi connectivity index (χ3v) is 4.25. The summed E-state index contributed by atoms with van der Waals surface area (Å²) in [6.45, 7) is 0. The molecular weight excluding hydrogens is 350 g/mol. The van der Waals surface area contributed by atoms with Crippen LogP contribution < -0.4 is 15.8 Å². The molecule has 1 atom stereocenters. The first-order valence-corrected chi connectivity index (χ1v) is 8.71. The molecule has 0 radical (unpaired) electrons. The zero-order valence-corrected chi connectivity index (χ0v) is 14.0. The van der Waals surface area contributed by atoms with Gasteiger partial charge in [0, 0.05) is 5.69 Å². The highest BCUT2D eigenvalue weighted by Crippen LogP contribution is 2.15. The molecule has 0 saturated carbocycles. The first-order valence-electron chi connectivity index (χ1n) is 6.75. The Morgan fingerprint density at radius 1 is 1.08 bits per heavy atom. The summed E-state index contributed by atoms with van der Waals surface area (Å²) in [5.41, 5.74) is 1.05. The van der Waals surface area contributed by atoms with Gasteiger partial charge in [0.1, 0.15) is 0 Å². The lowest BCUT2D eigenvalue weighted by molar-refractivity contribution is -0.139. The van der Waals surface area contributed by atoms with Gasteiger partial charge in [0.2, 0.25) is 10.0 Å². The Kier molecular flexibility index (Phi) is 5.50. The fraction of sp³-hybridized carbons (Fsp3) is 0.0667. The Hall–Kier alpha value is -2.49. The minimum Gasteiger partial charge on any atom is -0.479 e. The molecule has 24 heavy (non-hydrogen) atoms. The Labute approximate surface area is 144 Å². The molecule has 0 fully saturated rings. The molecule has 0 aliphatic carbocycles. The summed E-state index contributed by atoms with van der Waals surface area (Å²) >= 11 is 5.11. The number of hydrogen-bond donors (Lipinski definition) is 4. The number of carbonyl (C=O) groups is 1. The maximum atomic E-state index is 11.4. The van der Waals surface area contributed by atoms with Crippen LogP contribution in [0.2, 0.25) is 0 Å². The fourth-order valence-electron chi connectivity index (χ4n) is 1.96. The average molecular weight is 365 g/mol. The second kappa shape index (κ2) is 7.39. The van der Waals surface area contributed by atoms with E-state index >= 15 is 0 Å². The van der Waals surface area contributed by atoms with Crippen LogP contribution in [0.15, 0.2) is 59.5 Å². The van der Waals surface area contributed by atoms with E-state index in [1.54, 1.807) is 30.3 Å². The van der Waals surface area contributed by atoms with Crippen LogP contribution in [0.5, 0.6) is 0 Å². The molecule has 126 valence electrons. The number of carboxylic acid groups (broad SMARTS) is 1. The molecule has 0 saturated heterocycles. The van der Waals surface area contributed by atoms with Gasteiger partial charge in [-0.25, -0.2) is 18.4 Å². The Bertz CT molecular complexity index is 837. The van der Waals surface area contributed by atoms with Crippen molar-refractivity contribution in [1.82, 2.24) is 5.32 Å². The highest BCUT2D eigenvalue weighted by atomic mass is 32.2. The van der Waals surface area contributed by atoms with Crippen LogP contribution in [0, 0.1) is 0 Å². The van der Waals surface area contributed by atoms with Crippen molar-refractivity contribution in [2.24, 2.45) is 5.14 Å². The number of benzene rings is 2. The summed E-state index contributed by atoms with van der Waals surface area (Å²) in [7, 11) is -3.77. The van der Waals surface area contributed by atoms with Crippen molar-refractivity contribution >= 4 is 39.0 Å². The summed E-state index contributed by atoms with van der Waals surface area (Å²) in [6, 6.07) is 13.2. The fourth-order valence-corrected chi connectivity index (χ4v) is 2.71. The molecule has 9 heteroatoms. The van der Waals surface area contributed by atoms with Crippen molar-refractivity contribution in [2.75, 3.05) is 5.32 Å². The van der Waals surface area contributed by atoms with E-state index in [1.165, 1.54) is 24.3 Å². The summed E-state index contributed by atoms with van der Waals surface area (Å²) in [5.74, 6) is -1.07. The Balaban J connectivity index is 2.08. The number of primary sulfonamides is 1. The second-order valence-electron chi connectivity index (χ2n) is 4.85. The standard InChI is InChI=1S/C15H15N3O4S2/c16-24(21,22)12-8-6-11(7-9-12)17-15(23)18-13(14(19)20)10-4-2-1-3-5-10/h1-9,13H,(H,19,20)(H2,16,21,22)(H2,17,18,23). The third-order valence-electron chi connectivity index (χ3n) is 3.10. The number of nitrogens with one attached hydrogen (secondary N) is 2. The monoisotopic (exact) mass is 365 g/mol. The van der Waals surface area contributed by atoms with E-state index in [9.17, 15) is 18.3 Å². The van der Waals surface area contributed by atoms with Crippen LogP contribution in [0.1, 0.15) is 11.6 Å². The molecule has 0 bridgehead atoms. The molecule has 0 aliphatic rings. The van der Waals surface area contributed by atoms with Gasteiger partial charge >= 0.3 is 5.97 Å². The zero-order chi connectivity index (χ0) is 17.7. The normalized spacial score (nSPS) is 12.2.